The van der Waals surface area contributed by atoms with Gasteiger partial charge in [-0.2, -0.15) is 5.06 Å². The molecule has 1 heterocycles. The highest BCUT2D eigenvalue weighted by Gasteiger charge is 2.27. The van der Waals surface area contributed by atoms with Crippen LogP contribution in [0, 0.1) is 0 Å². The van der Waals surface area contributed by atoms with E-state index in [9.17, 15) is 14.4 Å². The molecule has 1 amide bonds. The van der Waals surface area contributed by atoms with Crippen LogP contribution >= 0.6 is 0 Å². The van der Waals surface area contributed by atoms with Gasteiger partial charge >= 0.3 is 6.16 Å². The van der Waals surface area contributed by atoms with E-state index in [2.05, 4.69) is 4.84 Å². The summed E-state index contributed by atoms with van der Waals surface area (Å²) in [5.74, 6) is -0.587. The minimum atomic E-state index is -1.05. The predicted octanol–water partition coefficient (Wildman–Crippen LogP) is -0.0577. The Morgan fingerprint density at radius 3 is 2.04 bits per heavy atom. The number of carbonyl (C=O) groups excluding carboxylic acids is 3. The van der Waals surface area contributed by atoms with E-state index in [4.69, 9.17) is 23.7 Å². The standard InChI is InChI=1S/C15H25NO9/c1-20-4-5-21-6-7-22-8-9-23-10-11-24-15(19)25-16-12-13(17)2-3-14(16)18/h2-12H2,1H3. The molecule has 0 aromatic carbocycles. The van der Waals surface area contributed by atoms with Crippen molar-refractivity contribution in [1.82, 2.24) is 5.06 Å². The van der Waals surface area contributed by atoms with Gasteiger partial charge in [0, 0.05) is 20.0 Å². The Balaban J connectivity index is 1.90. The predicted molar refractivity (Wildman–Crippen MR) is 82.7 cm³/mol. The van der Waals surface area contributed by atoms with Crippen LogP contribution in [-0.4, -0.2) is 89.4 Å². The fourth-order valence-corrected chi connectivity index (χ4v) is 1.77. The molecule has 0 bridgehead atoms. The summed E-state index contributed by atoms with van der Waals surface area (Å²) in [5, 5.41) is 0.720. The van der Waals surface area contributed by atoms with Crippen molar-refractivity contribution in [3.05, 3.63) is 0 Å². The van der Waals surface area contributed by atoms with Crippen LogP contribution in [0.1, 0.15) is 12.8 Å². The smallest absolute Gasteiger partial charge is 0.430 e. The minimum absolute atomic E-state index is 0.0328. The number of rotatable bonds is 13. The first-order valence-electron chi connectivity index (χ1n) is 8.02. The van der Waals surface area contributed by atoms with Gasteiger partial charge in [-0.25, -0.2) is 4.79 Å². The molecule has 10 heteroatoms. The number of ketones is 1. The van der Waals surface area contributed by atoms with Crippen molar-refractivity contribution in [1.29, 1.82) is 0 Å². The zero-order valence-electron chi connectivity index (χ0n) is 14.4. The summed E-state index contributed by atoms with van der Waals surface area (Å²) < 4.78 is 25.3. The van der Waals surface area contributed by atoms with Gasteiger partial charge < -0.3 is 28.5 Å². The summed E-state index contributed by atoms with van der Waals surface area (Å²) in [7, 11) is 1.61. The Kier molecular flexibility index (Phi) is 11.5. The lowest BCUT2D eigenvalue weighted by Gasteiger charge is -2.23. The highest BCUT2D eigenvalue weighted by Crippen LogP contribution is 2.08. The number of hydrogen-bond donors (Lipinski definition) is 0. The molecule has 1 aliphatic heterocycles. The molecular weight excluding hydrogens is 338 g/mol. The third kappa shape index (κ3) is 10.7. The van der Waals surface area contributed by atoms with E-state index < -0.39 is 12.1 Å². The van der Waals surface area contributed by atoms with Crippen LogP contribution in [-0.2, 0) is 38.1 Å². The van der Waals surface area contributed by atoms with Crippen molar-refractivity contribution in [2.75, 3.05) is 66.5 Å². The molecule has 0 spiro atoms. The van der Waals surface area contributed by atoms with Gasteiger partial charge in [-0.3, -0.25) is 9.59 Å². The molecule has 25 heavy (non-hydrogen) atoms. The van der Waals surface area contributed by atoms with E-state index in [0.717, 1.165) is 5.06 Å². The number of hydroxylamine groups is 2. The zero-order chi connectivity index (χ0) is 18.3. The van der Waals surface area contributed by atoms with Crippen LogP contribution in [0.15, 0.2) is 0 Å². The summed E-state index contributed by atoms with van der Waals surface area (Å²) >= 11 is 0. The third-order valence-electron chi connectivity index (χ3n) is 3.02. The fraction of sp³-hybridized carbons (Fsp3) is 0.800. The van der Waals surface area contributed by atoms with Gasteiger partial charge in [0.05, 0.1) is 46.2 Å². The van der Waals surface area contributed by atoms with E-state index in [-0.39, 0.29) is 38.4 Å². The number of Topliss-reactive ketones (excluding diaryl/α,β-unsaturated/α-hetero) is 1. The van der Waals surface area contributed by atoms with Crippen LogP contribution in [0.3, 0.4) is 0 Å². The normalized spacial score (nSPS) is 14.7. The van der Waals surface area contributed by atoms with Gasteiger partial charge in [-0.1, -0.05) is 0 Å². The Morgan fingerprint density at radius 2 is 1.44 bits per heavy atom. The van der Waals surface area contributed by atoms with E-state index in [0.29, 0.717) is 39.6 Å². The molecule has 0 radical (unpaired) electrons. The summed E-state index contributed by atoms with van der Waals surface area (Å²) in [5.41, 5.74) is 0. The van der Waals surface area contributed by atoms with Crippen molar-refractivity contribution in [3.8, 4) is 0 Å². The Bertz CT molecular complexity index is 416. The second-order valence-corrected chi connectivity index (χ2v) is 4.99. The molecule has 0 aromatic rings. The van der Waals surface area contributed by atoms with Gasteiger partial charge in [0.2, 0.25) is 0 Å². The lowest BCUT2D eigenvalue weighted by molar-refractivity contribution is -0.180. The quantitative estimate of drug-likeness (QED) is 0.328. The van der Waals surface area contributed by atoms with Crippen LogP contribution in [0.4, 0.5) is 4.79 Å². The summed E-state index contributed by atoms with van der Waals surface area (Å²) in [4.78, 5) is 38.7. The molecule has 0 unspecified atom stereocenters. The van der Waals surface area contributed by atoms with Crippen LogP contribution in [0.25, 0.3) is 0 Å². The summed E-state index contributed by atoms with van der Waals surface area (Å²) in [6.07, 6.45) is -0.841. The van der Waals surface area contributed by atoms with Gasteiger partial charge in [0.25, 0.3) is 5.91 Å². The van der Waals surface area contributed by atoms with Gasteiger partial charge in [-0.15, -0.1) is 0 Å². The molecule has 0 atom stereocenters. The average Bonchev–Trinajstić information content (AvgIpc) is 2.59. The first-order valence-corrected chi connectivity index (χ1v) is 8.02. The molecule has 0 N–H and O–H groups in total. The van der Waals surface area contributed by atoms with E-state index in [1.165, 1.54) is 0 Å². The average molecular weight is 363 g/mol. The number of piperidine rings is 1. The van der Waals surface area contributed by atoms with Crippen molar-refractivity contribution >= 4 is 17.8 Å². The molecule has 10 nitrogen and oxygen atoms in total. The van der Waals surface area contributed by atoms with E-state index in [1.54, 1.807) is 7.11 Å². The molecule has 1 aliphatic rings. The van der Waals surface area contributed by atoms with Gasteiger partial charge in [0.15, 0.2) is 5.78 Å². The highest BCUT2D eigenvalue weighted by molar-refractivity contribution is 5.92. The second kappa shape index (κ2) is 13.5. The number of nitrogens with zero attached hydrogens (tertiary/aromatic N) is 1. The molecule has 1 fully saturated rings. The van der Waals surface area contributed by atoms with Crippen molar-refractivity contribution in [2.24, 2.45) is 0 Å². The molecule has 0 aromatic heterocycles. The molecule has 0 saturated carbocycles. The number of amides is 1. The summed E-state index contributed by atoms with van der Waals surface area (Å²) in [6.45, 7) is 2.64. The largest absolute Gasteiger partial charge is 0.533 e. The third-order valence-corrected chi connectivity index (χ3v) is 3.02. The molecule has 1 saturated heterocycles. The number of hydrogen-bond acceptors (Lipinski definition) is 9. The maximum Gasteiger partial charge on any atom is 0.533 e. The molecule has 144 valence electrons. The monoisotopic (exact) mass is 363 g/mol. The van der Waals surface area contributed by atoms with Crippen LogP contribution < -0.4 is 0 Å². The van der Waals surface area contributed by atoms with Crippen LogP contribution in [0.5, 0.6) is 0 Å². The Labute approximate surface area is 146 Å². The molecular formula is C15H25NO9. The van der Waals surface area contributed by atoms with Crippen molar-refractivity contribution < 1.29 is 42.9 Å². The zero-order valence-corrected chi connectivity index (χ0v) is 14.4. The van der Waals surface area contributed by atoms with E-state index >= 15 is 0 Å². The first kappa shape index (κ1) is 21.3. The lowest BCUT2D eigenvalue weighted by atomic mass is 10.1. The van der Waals surface area contributed by atoms with E-state index in [1.807, 2.05) is 0 Å². The van der Waals surface area contributed by atoms with Crippen molar-refractivity contribution in [2.45, 2.75) is 12.8 Å². The van der Waals surface area contributed by atoms with Gasteiger partial charge in [0.1, 0.15) is 13.2 Å². The topological polar surface area (TPSA) is 110 Å². The second-order valence-electron chi connectivity index (χ2n) is 4.99. The SMILES string of the molecule is COCCOCCOCCOCCOC(=O)ON1CC(=O)CCC1=O. The Morgan fingerprint density at radius 1 is 0.880 bits per heavy atom. The van der Waals surface area contributed by atoms with Gasteiger partial charge in [-0.05, 0) is 0 Å². The van der Waals surface area contributed by atoms with Crippen molar-refractivity contribution in [3.63, 3.8) is 0 Å². The lowest BCUT2D eigenvalue weighted by Crippen LogP contribution is -2.41. The maximum atomic E-state index is 11.4. The highest BCUT2D eigenvalue weighted by atomic mass is 16.8. The number of methoxy groups -OCH3 is 1. The maximum absolute atomic E-state index is 11.4. The number of ether oxygens (including phenoxy) is 5. The summed E-state index contributed by atoms with van der Waals surface area (Å²) in [6, 6.07) is 0. The fourth-order valence-electron chi connectivity index (χ4n) is 1.77. The molecule has 0 aliphatic carbocycles. The van der Waals surface area contributed by atoms with Crippen LogP contribution in [0.2, 0.25) is 0 Å². The first-order chi connectivity index (χ1) is 12.1. The molecule has 1 rings (SSSR count). The Hall–Kier alpha value is -1.75. The number of carbonyl (C=O) groups is 3. The minimum Gasteiger partial charge on any atom is -0.430 e.